The minimum Gasteiger partial charge on any atom is -0.450 e. The Balaban J connectivity index is 3.32. The smallest absolute Gasteiger partial charge is 0.273 e. The highest BCUT2D eigenvalue weighted by Gasteiger charge is 2.14. The van der Waals surface area contributed by atoms with Crippen LogP contribution >= 0.6 is 0 Å². The predicted molar refractivity (Wildman–Crippen MR) is 34.5 cm³/mol. The molecule has 0 saturated carbocycles. The largest absolute Gasteiger partial charge is 0.450 e. The molecular weight excluding hydrogens is 156 g/mol. The molecule has 4 N–H and O–H groups in total. The van der Waals surface area contributed by atoms with Gasteiger partial charge in [-0.15, -0.1) is 0 Å². The van der Waals surface area contributed by atoms with Crippen LogP contribution in [0.4, 0.5) is 5.69 Å². The van der Waals surface area contributed by atoms with Crippen LogP contribution in [-0.4, -0.2) is 8.42 Å². The van der Waals surface area contributed by atoms with E-state index in [2.05, 4.69) is 4.42 Å². The molecule has 0 aliphatic rings. The Labute approximate surface area is 57.7 Å². The fourth-order valence-electron chi connectivity index (χ4n) is 0.537. The van der Waals surface area contributed by atoms with Crippen molar-refractivity contribution >= 4 is 15.7 Å². The Kier molecular flexibility index (Phi) is 1.42. The Morgan fingerprint density at radius 1 is 1.50 bits per heavy atom. The number of rotatable bonds is 1. The van der Waals surface area contributed by atoms with Crippen molar-refractivity contribution in [1.82, 2.24) is 0 Å². The third-order valence-electron chi connectivity index (χ3n) is 0.917. The van der Waals surface area contributed by atoms with Gasteiger partial charge in [-0.05, 0) is 0 Å². The van der Waals surface area contributed by atoms with E-state index >= 15 is 0 Å². The zero-order valence-electron chi connectivity index (χ0n) is 4.94. The molecule has 0 spiro atoms. The van der Waals surface area contributed by atoms with E-state index in [1.165, 1.54) is 6.07 Å². The van der Waals surface area contributed by atoms with Gasteiger partial charge in [0, 0.05) is 6.07 Å². The van der Waals surface area contributed by atoms with E-state index < -0.39 is 10.0 Å². The van der Waals surface area contributed by atoms with E-state index in [4.69, 9.17) is 10.9 Å². The second kappa shape index (κ2) is 1.99. The lowest BCUT2D eigenvalue weighted by Crippen LogP contribution is -2.12. The minimum absolute atomic E-state index is 0.0301. The maximum Gasteiger partial charge on any atom is 0.273 e. The first-order valence-corrected chi connectivity index (χ1v) is 3.92. The Morgan fingerprint density at radius 2 is 2.10 bits per heavy atom. The molecule has 0 unspecified atom stereocenters. The molecule has 5 nitrogen and oxygen atoms in total. The Hall–Kier alpha value is -1.01. The Morgan fingerprint density at radius 3 is 2.30 bits per heavy atom. The summed E-state index contributed by atoms with van der Waals surface area (Å²) in [6.45, 7) is 0. The van der Waals surface area contributed by atoms with Crippen molar-refractivity contribution in [2.45, 2.75) is 5.09 Å². The molecule has 0 aliphatic carbocycles. The summed E-state index contributed by atoms with van der Waals surface area (Å²) in [5.41, 5.74) is 5.20. The van der Waals surface area contributed by atoms with Gasteiger partial charge in [0.05, 0.1) is 12.0 Å². The summed E-state index contributed by atoms with van der Waals surface area (Å²) < 4.78 is 25.5. The van der Waals surface area contributed by atoms with E-state index in [9.17, 15) is 8.42 Å². The van der Waals surface area contributed by atoms with Crippen LogP contribution in [0.3, 0.4) is 0 Å². The molecule has 1 heterocycles. The number of anilines is 1. The van der Waals surface area contributed by atoms with Gasteiger partial charge in [0.2, 0.25) is 0 Å². The van der Waals surface area contributed by atoms with Crippen LogP contribution in [0.1, 0.15) is 0 Å². The Bertz CT molecular complexity index is 326. The van der Waals surface area contributed by atoms with Crippen molar-refractivity contribution < 1.29 is 12.8 Å². The first kappa shape index (κ1) is 7.10. The zero-order valence-corrected chi connectivity index (χ0v) is 5.76. The fourth-order valence-corrected chi connectivity index (χ4v) is 1.12. The third kappa shape index (κ3) is 1.12. The van der Waals surface area contributed by atoms with Crippen LogP contribution < -0.4 is 10.9 Å². The molecule has 0 atom stereocenters. The molecule has 6 heteroatoms. The second-order valence-corrected chi connectivity index (χ2v) is 3.17. The van der Waals surface area contributed by atoms with Crippen LogP contribution in [0, 0.1) is 0 Å². The minimum atomic E-state index is -3.78. The highest BCUT2D eigenvalue weighted by atomic mass is 32.2. The maximum atomic E-state index is 10.5. The van der Waals surface area contributed by atoms with E-state index in [0.29, 0.717) is 0 Å². The molecule has 0 saturated heterocycles. The third-order valence-corrected chi connectivity index (χ3v) is 1.77. The van der Waals surface area contributed by atoms with Crippen LogP contribution in [0.5, 0.6) is 0 Å². The number of primary sulfonamides is 1. The summed E-state index contributed by atoms with van der Waals surface area (Å²) in [5, 5.41) is 4.32. The molecule has 0 bridgehead atoms. The summed E-state index contributed by atoms with van der Waals surface area (Å²) in [4.78, 5) is 0. The van der Waals surface area contributed by atoms with Crippen LogP contribution in [0.15, 0.2) is 21.8 Å². The van der Waals surface area contributed by atoms with Crippen LogP contribution in [0.2, 0.25) is 0 Å². The summed E-state index contributed by atoms with van der Waals surface area (Å²) in [7, 11) is -3.78. The normalized spacial score (nSPS) is 11.7. The molecule has 0 fully saturated rings. The zero-order chi connectivity index (χ0) is 7.78. The van der Waals surface area contributed by atoms with Crippen molar-refractivity contribution in [3.63, 3.8) is 0 Å². The average molecular weight is 162 g/mol. The first-order chi connectivity index (χ1) is 4.52. The first-order valence-electron chi connectivity index (χ1n) is 2.37. The average Bonchev–Trinajstić information content (AvgIpc) is 2.11. The predicted octanol–water partition coefficient (Wildman–Crippen LogP) is -0.491. The van der Waals surface area contributed by atoms with Gasteiger partial charge >= 0.3 is 0 Å². The molecule has 56 valence electrons. The van der Waals surface area contributed by atoms with Crippen molar-refractivity contribution in [2.75, 3.05) is 5.73 Å². The molecule has 1 aromatic heterocycles. The number of hydrogen-bond donors (Lipinski definition) is 2. The standard InChI is InChI=1S/C4H6N2O3S/c5-3-1-2-9-4(3)10(6,7)8/h1-2H,5H2,(H2,6,7,8). The van der Waals surface area contributed by atoms with Crippen molar-refractivity contribution in [3.8, 4) is 0 Å². The van der Waals surface area contributed by atoms with Gasteiger partial charge in [0.1, 0.15) is 0 Å². The van der Waals surface area contributed by atoms with Gasteiger partial charge in [-0.3, -0.25) is 0 Å². The number of sulfonamides is 1. The summed E-state index contributed by atoms with van der Waals surface area (Å²) in [6, 6.07) is 1.32. The molecule has 10 heavy (non-hydrogen) atoms. The lowest BCUT2D eigenvalue weighted by Gasteiger charge is -1.90. The van der Waals surface area contributed by atoms with Gasteiger partial charge in [-0.2, -0.15) is 0 Å². The maximum absolute atomic E-state index is 10.5. The van der Waals surface area contributed by atoms with Crippen molar-refractivity contribution in [2.24, 2.45) is 5.14 Å². The lowest BCUT2D eigenvalue weighted by molar-refractivity contribution is 0.453. The van der Waals surface area contributed by atoms with E-state index in [1.54, 1.807) is 0 Å². The van der Waals surface area contributed by atoms with E-state index in [1.807, 2.05) is 0 Å². The molecule has 0 aromatic carbocycles. The summed E-state index contributed by atoms with van der Waals surface area (Å²) >= 11 is 0. The van der Waals surface area contributed by atoms with Crippen molar-refractivity contribution in [3.05, 3.63) is 12.3 Å². The van der Waals surface area contributed by atoms with Gasteiger partial charge in [0.15, 0.2) is 0 Å². The number of hydrogen-bond acceptors (Lipinski definition) is 4. The van der Waals surface area contributed by atoms with Crippen molar-refractivity contribution in [1.29, 1.82) is 0 Å². The number of nitrogen functional groups attached to an aromatic ring is 1. The molecule has 1 aromatic rings. The molecule has 0 amide bonds. The molecule has 1 rings (SSSR count). The quantitative estimate of drug-likeness (QED) is 0.581. The summed E-state index contributed by atoms with van der Waals surface area (Å²) in [6.07, 6.45) is 1.16. The monoisotopic (exact) mass is 162 g/mol. The van der Waals surface area contributed by atoms with Crippen LogP contribution in [-0.2, 0) is 10.0 Å². The van der Waals surface area contributed by atoms with E-state index in [0.717, 1.165) is 6.26 Å². The molecular formula is C4H6N2O3S. The van der Waals surface area contributed by atoms with Crippen LogP contribution in [0.25, 0.3) is 0 Å². The summed E-state index contributed by atoms with van der Waals surface area (Å²) in [5.74, 6) is 0. The van der Waals surface area contributed by atoms with Gasteiger partial charge in [0.25, 0.3) is 15.1 Å². The topological polar surface area (TPSA) is 99.3 Å². The number of furan rings is 1. The highest BCUT2D eigenvalue weighted by molar-refractivity contribution is 7.89. The lowest BCUT2D eigenvalue weighted by atomic mass is 10.6. The van der Waals surface area contributed by atoms with Gasteiger partial charge in [-0.1, -0.05) is 0 Å². The van der Waals surface area contributed by atoms with Gasteiger partial charge < -0.3 is 10.2 Å². The molecule has 0 aliphatic heterocycles. The highest BCUT2D eigenvalue weighted by Crippen LogP contribution is 2.16. The number of nitrogens with two attached hydrogens (primary N) is 2. The SMILES string of the molecule is Nc1ccoc1S(N)(=O)=O. The van der Waals surface area contributed by atoms with Gasteiger partial charge in [-0.25, -0.2) is 13.6 Å². The second-order valence-electron chi connectivity index (χ2n) is 1.71. The van der Waals surface area contributed by atoms with E-state index in [-0.39, 0.29) is 10.8 Å². The fraction of sp³-hybridized carbons (Fsp3) is 0. The molecule has 0 radical (unpaired) electrons.